The van der Waals surface area contributed by atoms with E-state index in [0.717, 1.165) is 34.6 Å². The molecule has 236 valence electrons. The lowest BCUT2D eigenvalue weighted by Gasteiger charge is -2.45. The van der Waals surface area contributed by atoms with E-state index in [0.29, 0.717) is 0 Å². The molecule has 17 nitrogen and oxygen atoms in total. The molecule has 0 bridgehead atoms. The molecule has 0 saturated carbocycles. The van der Waals surface area contributed by atoms with Crippen LogP contribution in [-0.4, -0.2) is 97.2 Å². The summed E-state index contributed by atoms with van der Waals surface area (Å²) in [4.78, 5) is 70.1. The van der Waals surface area contributed by atoms with Gasteiger partial charge in [0.1, 0.15) is 11.9 Å². The second kappa shape index (κ2) is 14.7. The van der Waals surface area contributed by atoms with E-state index in [1.807, 2.05) is 0 Å². The van der Waals surface area contributed by atoms with E-state index in [4.69, 9.17) is 42.6 Å². The van der Waals surface area contributed by atoms with Crippen molar-refractivity contribution in [2.75, 3.05) is 13.2 Å². The van der Waals surface area contributed by atoms with Crippen molar-refractivity contribution in [3.8, 4) is 5.75 Å². The van der Waals surface area contributed by atoms with Crippen LogP contribution in [0.5, 0.6) is 5.75 Å². The Morgan fingerprint density at radius 1 is 0.651 bits per heavy atom. The van der Waals surface area contributed by atoms with Crippen LogP contribution in [0.4, 0.5) is 5.69 Å². The van der Waals surface area contributed by atoms with E-state index in [2.05, 4.69) is 0 Å². The van der Waals surface area contributed by atoms with E-state index >= 15 is 0 Å². The normalized spacial score (nSPS) is 28.5. The first-order valence-electron chi connectivity index (χ1n) is 12.9. The van der Waals surface area contributed by atoms with Crippen LogP contribution in [-0.2, 0) is 61.9 Å². The predicted molar refractivity (Wildman–Crippen MR) is 136 cm³/mol. The van der Waals surface area contributed by atoms with Crippen molar-refractivity contribution in [3.63, 3.8) is 0 Å². The average Bonchev–Trinajstić information content (AvgIpc) is 2.89. The van der Waals surface area contributed by atoms with Gasteiger partial charge in [0.25, 0.3) is 5.69 Å². The van der Waals surface area contributed by atoms with E-state index in [1.54, 1.807) is 0 Å². The van der Waals surface area contributed by atoms with Crippen LogP contribution in [0.15, 0.2) is 24.3 Å². The number of carbonyl (C=O) groups is 5. The lowest BCUT2D eigenvalue weighted by molar-refractivity contribution is -0.384. The molecule has 0 spiro atoms. The lowest BCUT2D eigenvalue weighted by atomic mass is 10.0. The van der Waals surface area contributed by atoms with Crippen molar-refractivity contribution < 1.29 is 71.5 Å². The summed E-state index contributed by atoms with van der Waals surface area (Å²) < 4.78 is 50.0. The van der Waals surface area contributed by atoms with Gasteiger partial charge in [0.2, 0.25) is 6.29 Å². The quantitative estimate of drug-likeness (QED) is 0.154. The van der Waals surface area contributed by atoms with Crippen molar-refractivity contribution in [2.45, 2.75) is 83.8 Å². The van der Waals surface area contributed by atoms with Crippen LogP contribution in [0.1, 0.15) is 34.6 Å². The predicted octanol–water partition coefficient (Wildman–Crippen LogP) is 0.730. The van der Waals surface area contributed by atoms with Gasteiger partial charge in [-0.2, -0.15) is 0 Å². The monoisotopic (exact) mass is 613 g/mol. The molecule has 3 rings (SSSR count). The van der Waals surface area contributed by atoms with Gasteiger partial charge in [0, 0.05) is 46.8 Å². The Bertz CT molecular complexity index is 1200. The molecule has 2 fully saturated rings. The minimum absolute atomic E-state index is 0.100. The smallest absolute Gasteiger partial charge is 0.303 e. The Kier molecular flexibility index (Phi) is 11.3. The molecule has 43 heavy (non-hydrogen) atoms. The van der Waals surface area contributed by atoms with Gasteiger partial charge in [-0.25, -0.2) is 0 Å². The maximum Gasteiger partial charge on any atom is 0.303 e. The highest BCUT2D eigenvalue weighted by Gasteiger charge is 2.53. The Morgan fingerprint density at radius 3 is 1.53 bits per heavy atom. The minimum Gasteiger partial charge on any atom is -0.461 e. The molecule has 1 aromatic carbocycles. The van der Waals surface area contributed by atoms with Gasteiger partial charge in [-0.15, -0.1) is 0 Å². The summed E-state index contributed by atoms with van der Waals surface area (Å²) >= 11 is 0. The Balaban J connectivity index is 1.97. The number of hydrogen-bond donors (Lipinski definition) is 0. The van der Waals surface area contributed by atoms with Crippen molar-refractivity contribution in [3.05, 3.63) is 34.4 Å². The third kappa shape index (κ3) is 9.32. The summed E-state index contributed by atoms with van der Waals surface area (Å²) in [5, 5.41) is 11.0. The number of nitrogens with zero attached hydrogens (tertiary/aromatic N) is 1. The van der Waals surface area contributed by atoms with Gasteiger partial charge >= 0.3 is 29.8 Å². The zero-order valence-corrected chi connectivity index (χ0v) is 23.8. The number of benzene rings is 1. The molecule has 17 heteroatoms. The summed E-state index contributed by atoms with van der Waals surface area (Å²) in [5.74, 6) is -3.81. The number of nitro groups is 1. The van der Waals surface area contributed by atoms with Gasteiger partial charge in [-0.3, -0.25) is 34.1 Å². The van der Waals surface area contributed by atoms with Gasteiger partial charge in [0.15, 0.2) is 36.8 Å². The fourth-order valence-corrected chi connectivity index (χ4v) is 4.40. The van der Waals surface area contributed by atoms with E-state index < -0.39 is 84.0 Å². The molecule has 2 saturated heterocycles. The van der Waals surface area contributed by atoms with Crippen molar-refractivity contribution >= 4 is 35.5 Å². The fourth-order valence-electron chi connectivity index (χ4n) is 4.40. The van der Waals surface area contributed by atoms with Gasteiger partial charge in [-0.05, 0) is 12.1 Å². The number of esters is 5. The molecule has 2 heterocycles. The van der Waals surface area contributed by atoms with Crippen molar-refractivity contribution in [1.29, 1.82) is 0 Å². The summed E-state index contributed by atoms with van der Waals surface area (Å²) in [7, 11) is 0. The molecule has 8 atom stereocenters. The zero-order chi connectivity index (χ0) is 31.8. The zero-order valence-electron chi connectivity index (χ0n) is 23.8. The van der Waals surface area contributed by atoms with E-state index in [-0.39, 0.29) is 24.7 Å². The summed E-state index contributed by atoms with van der Waals surface area (Å²) in [6.45, 7) is 4.78. The van der Waals surface area contributed by atoms with Gasteiger partial charge < -0.3 is 42.6 Å². The van der Waals surface area contributed by atoms with Crippen LogP contribution in [0.3, 0.4) is 0 Å². The highest BCUT2D eigenvalue weighted by Crippen LogP contribution is 2.32. The first-order chi connectivity index (χ1) is 20.2. The Labute approximate surface area is 244 Å². The summed E-state index contributed by atoms with van der Waals surface area (Å²) in [6.07, 6.45) is -11.1. The topological polar surface area (TPSA) is 212 Å². The summed E-state index contributed by atoms with van der Waals surface area (Å²) in [6, 6.07) is 4.95. The molecular formula is C26H31NO16. The van der Waals surface area contributed by atoms with E-state index in [1.165, 1.54) is 24.3 Å². The third-order valence-electron chi connectivity index (χ3n) is 5.90. The maximum absolute atomic E-state index is 12.1. The van der Waals surface area contributed by atoms with Crippen molar-refractivity contribution in [1.82, 2.24) is 0 Å². The molecule has 0 aromatic heterocycles. The van der Waals surface area contributed by atoms with Gasteiger partial charge in [0.05, 0.1) is 18.1 Å². The maximum atomic E-state index is 12.1. The number of rotatable bonds is 10. The van der Waals surface area contributed by atoms with Crippen LogP contribution < -0.4 is 4.74 Å². The third-order valence-corrected chi connectivity index (χ3v) is 5.90. The number of nitro benzene ring substituents is 1. The van der Waals surface area contributed by atoms with E-state index in [9.17, 15) is 34.1 Å². The molecule has 2 aliphatic heterocycles. The molecule has 1 aromatic rings. The molecule has 0 amide bonds. The second-order valence-corrected chi connectivity index (χ2v) is 9.39. The number of non-ortho nitro benzene ring substituents is 1. The highest BCUT2D eigenvalue weighted by atomic mass is 16.8. The molecule has 0 unspecified atom stereocenters. The molecule has 0 aliphatic carbocycles. The Morgan fingerprint density at radius 2 is 1.07 bits per heavy atom. The second-order valence-electron chi connectivity index (χ2n) is 9.39. The van der Waals surface area contributed by atoms with Crippen molar-refractivity contribution in [2.24, 2.45) is 0 Å². The number of hydrogen-bond acceptors (Lipinski definition) is 16. The number of ether oxygens (including phenoxy) is 9. The first kappa shape index (κ1) is 33.2. The fraction of sp³-hybridized carbons (Fsp3) is 0.577. The Hall–Kier alpha value is -4.35. The SMILES string of the molecule is CC(=O)O[C@@H]1[C@@H](OC(C)=O)[C@H](O[C@@H]2[C@@H](OC(C)=O)[C@H](Oc3ccc([N+](=O)[O-])cc3)OC[C@H]2OC(C)=O)OC[C@H]1OC(C)=O. The highest BCUT2D eigenvalue weighted by molar-refractivity contribution is 5.68. The standard InChI is InChI=1S/C26H31NO16/c1-12(28)37-19-10-36-26(23(40-15(4)31)21(19)39-14(3)30)43-22-20(38-13(2)29)11-35-25(24(22)41-16(5)32)42-18-8-6-17(7-9-18)27(33)34/h6-9,19-26H,10-11H2,1-5H3/t19-,20-,21+,22+,23-,24-,25+,26+/m1/s1. The molecule has 0 N–H and O–H groups in total. The first-order valence-corrected chi connectivity index (χ1v) is 12.9. The largest absolute Gasteiger partial charge is 0.461 e. The van der Waals surface area contributed by atoms with Crippen LogP contribution in [0.25, 0.3) is 0 Å². The average molecular weight is 614 g/mol. The summed E-state index contributed by atoms with van der Waals surface area (Å²) in [5.41, 5.74) is -0.204. The van der Waals surface area contributed by atoms with Crippen LogP contribution in [0.2, 0.25) is 0 Å². The minimum atomic E-state index is -1.54. The van der Waals surface area contributed by atoms with Crippen LogP contribution in [0, 0.1) is 10.1 Å². The molecular weight excluding hydrogens is 582 g/mol. The van der Waals surface area contributed by atoms with Gasteiger partial charge in [-0.1, -0.05) is 0 Å². The molecule has 0 radical (unpaired) electrons. The lowest BCUT2D eigenvalue weighted by Crippen LogP contribution is -2.63. The number of carbonyl (C=O) groups excluding carboxylic acids is 5. The molecule has 2 aliphatic rings. The van der Waals surface area contributed by atoms with Crippen LogP contribution >= 0.6 is 0 Å².